The van der Waals surface area contributed by atoms with Crippen LogP contribution in [0.25, 0.3) is 6.08 Å². The molecule has 1 aliphatic rings. The summed E-state index contributed by atoms with van der Waals surface area (Å²) in [5.74, 6) is 0.360. The number of thioether (sulfide) groups is 1. The fourth-order valence-corrected chi connectivity index (χ4v) is 3.98. The Balaban J connectivity index is 1.42. The Morgan fingerprint density at radius 2 is 1.88 bits per heavy atom. The van der Waals surface area contributed by atoms with Gasteiger partial charge in [0.1, 0.15) is 12.4 Å². The molecule has 0 aromatic heterocycles. The Labute approximate surface area is 200 Å². The Bertz CT molecular complexity index is 1240. The highest BCUT2D eigenvalue weighted by Crippen LogP contribution is 2.29. The molecule has 2 amide bonds. The summed E-state index contributed by atoms with van der Waals surface area (Å²) in [6.07, 6.45) is 1.80. The molecule has 0 spiro atoms. The van der Waals surface area contributed by atoms with E-state index < -0.39 is 0 Å². The van der Waals surface area contributed by atoms with Gasteiger partial charge in [-0.1, -0.05) is 35.9 Å². The van der Waals surface area contributed by atoms with Gasteiger partial charge in [-0.3, -0.25) is 9.59 Å². The molecule has 1 fully saturated rings. The average Bonchev–Trinajstić information content (AvgIpc) is 3.13. The van der Waals surface area contributed by atoms with E-state index in [4.69, 9.17) is 16.3 Å². The van der Waals surface area contributed by atoms with Crippen LogP contribution >= 0.6 is 23.4 Å². The van der Waals surface area contributed by atoms with Crippen molar-refractivity contribution in [2.75, 3.05) is 5.32 Å². The van der Waals surface area contributed by atoms with Gasteiger partial charge in [-0.15, -0.1) is 0 Å². The number of rotatable bonds is 6. The average molecular weight is 478 g/mol. The smallest absolute Gasteiger partial charge is 0.264 e. The zero-order valence-electron chi connectivity index (χ0n) is 17.7. The monoisotopic (exact) mass is 477 g/mol. The van der Waals surface area contributed by atoms with E-state index in [0.717, 1.165) is 11.1 Å². The van der Waals surface area contributed by atoms with Crippen LogP contribution in [0.2, 0.25) is 5.02 Å². The third kappa shape index (κ3) is 6.47. The van der Waals surface area contributed by atoms with Crippen LogP contribution in [-0.4, -0.2) is 17.0 Å². The van der Waals surface area contributed by atoms with Gasteiger partial charge < -0.3 is 15.4 Å². The van der Waals surface area contributed by atoms with Crippen molar-refractivity contribution in [1.82, 2.24) is 5.32 Å². The van der Waals surface area contributed by atoms with Gasteiger partial charge in [0.25, 0.3) is 5.91 Å². The quantitative estimate of drug-likeness (QED) is 0.442. The lowest BCUT2D eigenvalue weighted by Gasteiger charge is -2.07. The second-order valence-corrected chi connectivity index (χ2v) is 8.66. The van der Waals surface area contributed by atoms with Crippen molar-refractivity contribution in [2.24, 2.45) is 4.99 Å². The molecule has 1 saturated heterocycles. The molecule has 0 aliphatic carbocycles. The van der Waals surface area contributed by atoms with Crippen molar-refractivity contribution in [2.45, 2.75) is 13.5 Å². The molecule has 0 atom stereocenters. The van der Waals surface area contributed by atoms with Crippen LogP contribution in [0.3, 0.4) is 0 Å². The number of amidine groups is 1. The molecule has 2 N–H and O–H groups in total. The van der Waals surface area contributed by atoms with Crippen LogP contribution in [0.1, 0.15) is 18.1 Å². The number of halogens is 1. The number of hydrogen-bond donors (Lipinski definition) is 2. The normalized spacial score (nSPS) is 15.5. The van der Waals surface area contributed by atoms with Gasteiger partial charge in [-0.2, -0.15) is 0 Å². The van der Waals surface area contributed by atoms with Crippen molar-refractivity contribution in [3.05, 3.63) is 93.9 Å². The van der Waals surface area contributed by atoms with Gasteiger partial charge in [0.15, 0.2) is 5.17 Å². The predicted octanol–water partition coefficient (Wildman–Crippen LogP) is 5.77. The van der Waals surface area contributed by atoms with Crippen molar-refractivity contribution in [1.29, 1.82) is 0 Å². The molecule has 8 heteroatoms. The fourth-order valence-electron chi connectivity index (χ4n) is 3.01. The number of nitrogens with one attached hydrogen (secondary N) is 2. The molecule has 166 valence electrons. The van der Waals surface area contributed by atoms with Gasteiger partial charge >= 0.3 is 0 Å². The zero-order chi connectivity index (χ0) is 23.2. The standard InChI is InChI=1S/C25H20ClN3O3S/c1-16(30)27-20-9-11-21(12-10-20)28-25-29-24(31)23(33-25)14-18-3-2-4-22(13-18)32-15-17-5-7-19(26)8-6-17/h2-14H,15H2,1H3,(H,27,30)(H,28,29,31)/b23-14-. The Morgan fingerprint density at radius 3 is 2.61 bits per heavy atom. The third-order valence-corrected chi connectivity index (χ3v) is 5.71. The van der Waals surface area contributed by atoms with Crippen molar-refractivity contribution in [3.8, 4) is 5.75 Å². The van der Waals surface area contributed by atoms with E-state index in [-0.39, 0.29) is 11.8 Å². The first-order chi connectivity index (χ1) is 15.9. The lowest BCUT2D eigenvalue weighted by molar-refractivity contribution is -0.115. The first-order valence-corrected chi connectivity index (χ1v) is 11.3. The van der Waals surface area contributed by atoms with Gasteiger partial charge in [0, 0.05) is 17.6 Å². The summed E-state index contributed by atoms with van der Waals surface area (Å²) in [6.45, 7) is 1.87. The third-order valence-electron chi connectivity index (χ3n) is 4.54. The highest BCUT2D eigenvalue weighted by atomic mass is 35.5. The Morgan fingerprint density at radius 1 is 1.12 bits per heavy atom. The maximum Gasteiger partial charge on any atom is 0.264 e. The molecule has 4 rings (SSSR count). The largest absolute Gasteiger partial charge is 0.489 e. The Hall–Kier alpha value is -3.55. The van der Waals surface area contributed by atoms with Crippen molar-refractivity contribution >= 4 is 57.8 Å². The molecule has 0 unspecified atom stereocenters. The molecule has 0 saturated carbocycles. The second kappa shape index (κ2) is 10.4. The summed E-state index contributed by atoms with van der Waals surface area (Å²) in [5.41, 5.74) is 3.22. The summed E-state index contributed by atoms with van der Waals surface area (Å²) in [6, 6.07) is 22.1. The van der Waals surface area contributed by atoms with E-state index in [1.165, 1.54) is 18.7 Å². The van der Waals surface area contributed by atoms with Crippen LogP contribution in [-0.2, 0) is 16.2 Å². The zero-order valence-corrected chi connectivity index (χ0v) is 19.2. The molecule has 33 heavy (non-hydrogen) atoms. The van der Waals surface area contributed by atoms with E-state index >= 15 is 0 Å². The van der Waals surface area contributed by atoms with Gasteiger partial charge in [0.05, 0.1) is 10.6 Å². The highest BCUT2D eigenvalue weighted by Gasteiger charge is 2.23. The lowest BCUT2D eigenvalue weighted by atomic mass is 10.2. The Kier molecular flexibility index (Phi) is 7.12. The summed E-state index contributed by atoms with van der Waals surface area (Å²) in [7, 11) is 0. The molecule has 1 heterocycles. The van der Waals surface area contributed by atoms with Gasteiger partial charge in [-0.05, 0) is 77.5 Å². The number of benzene rings is 3. The predicted molar refractivity (Wildman–Crippen MR) is 134 cm³/mol. The molecule has 0 radical (unpaired) electrons. The summed E-state index contributed by atoms with van der Waals surface area (Å²) in [5, 5.41) is 6.66. The summed E-state index contributed by atoms with van der Waals surface area (Å²) >= 11 is 7.18. The number of hydrogen-bond acceptors (Lipinski definition) is 5. The molecule has 3 aromatic carbocycles. The highest BCUT2D eigenvalue weighted by molar-refractivity contribution is 8.18. The number of nitrogens with zero attached hydrogens (tertiary/aromatic N) is 1. The van der Waals surface area contributed by atoms with Crippen LogP contribution in [0.15, 0.2) is 82.7 Å². The fraction of sp³-hybridized carbons (Fsp3) is 0.0800. The lowest BCUT2D eigenvalue weighted by Crippen LogP contribution is -2.19. The van der Waals surface area contributed by atoms with E-state index in [1.54, 1.807) is 30.3 Å². The maximum absolute atomic E-state index is 12.4. The minimum atomic E-state index is -0.207. The van der Waals surface area contributed by atoms with E-state index in [9.17, 15) is 9.59 Å². The van der Waals surface area contributed by atoms with Gasteiger partial charge in [0.2, 0.25) is 5.91 Å². The minimum Gasteiger partial charge on any atom is -0.489 e. The number of aliphatic imine (C=N–C) groups is 1. The second-order valence-electron chi connectivity index (χ2n) is 7.20. The van der Waals surface area contributed by atoms with E-state index in [1.807, 2.05) is 48.5 Å². The van der Waals surface area contributed by atoms with Crippen LogP contribution in [0.5, 0.6) is 5.75 Å². The van der Waals surface area contributed by atoms with Crippen molar-refractivity contribution < 1.29 is 14.3 Å². The minimum absolute atomic E-state index is 0.137. The number of carbonyl (C=O) groups is 2. The molecular weight excluding hydrogens is 458 g/mol. The number of carbonyl (C=O) groups excluding carboxylic acids is 2. The van der Waals surface area contributed by atoms with Crippen molar-refractivity contribution in [3.63, 3.8) is 0 Å². The molecule has 6 nitrogen and oxygen atoms in total. The number of anilines is 1. The summed E-state index contributed by atoms with van der Waals surface area (Å²) < 4.78 is 5.87. The summed E-state index contributed by atoms with van der Waals surface area (Å²) in [4.78, 5) is 28.5. The number of amides is 2. The van der Waals surface area contributed by atoms with Crippen LogP contribution in [0, 0.1) is 0 Å². The van der Waals surface area contributed by atoms with Crippen LogP contribution < -0.4 is 15.4 Å². The molecule has 1 aliphatic heterocycles. The van der Waals surface area contributed by atoms with Gasteiger partial charge in [-0.25, -0.2) is 4.99 Å². The SMILES string of the molecule is CC(=O)Nc1ccc(N=C2NC(=O)/C(=C/c3cccc(OCc4ccc(Cl)cc4)c3)S2)cc1. The molecule has 3 aromatic rings. The first-order valence-electron chi connectivity index (χ1n) is 10.1. The van der Waals surface area contributed by atoms with Crippen LogP contribution in [0.4, 0.5) is 11.4 Å². The van der Waals surface area contributed by atoms with E-state index in [2.05, 4.69) is 15.6 Å². The maximum atomic E-state index is 12.4. The topological polar surface area (TPSA) is 79.8 Å². The number of ether oxygens (including phenoxy) is 1. The first kappa shape index (κ1) is 22.6. The molecule has 0 bridgehead atoms. The van der Waals surface area contributed by atoms with E-state index in [0.29, 0.717) is 38.8 Å². The molecular formula is C25H20ClN3O3S.